The maximum atomic E-state index is 12.7. The summed E-state index contributed by atoms with van der Waals surface area (Å²) in [5, 5.41) is 3.13. The van der Waals surface area contributed by atoms with Gasteiger partial charge in [0.25, 0.3) is 5.91 Å². The highest BCUT2D eigenvalue weighted by atomic mass is 16.2. The minimum absolute atomic E-state index is 0.0578. The molecule has 0 aliphatic heterocycles. The van der Waals surface area contributed by atoms with Crippen LogP contribution in [0, 0.1) is 20.8 Å². The number of nitrogens with one attached hydrogen (secondary N) is 2. The van der Waals surface area contributed by atoms with Gasteiger partial charge in [-0.25, -0.2) is 0 Å². The van der Waals surface area contributed by atoms with Gasteiger partial charge >= 0.3 is 0 Å². The van der Waals surface area contributed by atoms with E-state index in [1.807, 2.05) is 34.9 Å². The molecule has 0 radical (unpaired) electrons. The van der Waals surface area contributed by atoms with Gasteiger partial charge in [-0.05, 0) is 51.0 Å². The molecule has 2 atom stereocenters. The van der Waals surface area contributed by atoms with Gasteiger partial charge in [0.1, 0.15) is 6.54 Å². The molecule has 0 aliphatic carbocycles. The summed E-state index contributed by atoms with van der Waals surface area (Å²) in [4.78, 5) is 16.0. The number of nitrogens with zero attached hydrogens (tertiary/aromatic N) is 1. The quantitative estimate of drug-likeness (QED) is 0.837. The molecule has 1 amide bonds. The van der Waals surface area contributed by atoms with Crippen LogP contribution in [0.1, 0.15) is 29.2 Å². The fraction of sp³-hybridized carbons (Fsp3) is 0.409. The highest BCUT2D eigenvalue weighted by Crippen LogP contribution is 2.21. The Morgan fingerprint density at radius 2 is 1.62 bits per heavy atom. The molecule has 140 valence electrons. The molecule has 0 heterocycles. The Morgan fingerprint density at radius 1 is 1.08 bits per heavy atom. The van der Waals surface area contributed by atoms with Crippen molar-refractivity contribution in [1.82, 2.24) is 0 Å². The molecule has 0 saturated heterocycles. The number of rotatable bonds is 6. The minimum Gasteiger partial charge on any atom is -0.378 e. The number of likely N-dealkylation sites (N-methyl/N-ethyl adjacent to an activating group) is 1. The molecule has 2 N–H and O–H groups in total. The van der Waals surface area contributed by atoms with Crippen molar-refractivity contribution in [2.45, 2.75) is 40.3 Å². The maximum absolute atomic E-state index is 12.7. The van der Waals surface area contributed by atoms with Crippen molar-refractivity contribution in [2.75, 3.05) is 31.4 Å². The van der Waals surface area contributed by atoms with Gasteiger partial charge in [-0.3, -0.25) is 4.79 Å². The van der Waals surface area contributed by atoms with Crippen molar-refractivity contribution in [3.8, 4) is 0 Å². The molecule has 0 saturated carbocycles. The summed E-state index contributed by atoms with van der Waals surface area (Å²) >= 11 is 0. The lowest BCUT2D eigenvalue weighted by atomic mass is 10.0. The number of aryl methyl sites for hydroxylation is 3. The molecule has 0 spiro atoms. The smallest absolute Gasteiger partial charge is 0.282 e. The SMILES string of the molecule is Cc1cc(C)c(NC(=O)[C@@H](C)[NH+](C)Cc2ccc(N(C)C)cc2)c(C)c1. The largest absolute Gasteiger partial charge is 0.378 e. The number of anilines is 2. The zero-order valence-corrected chi connectivity index (χ0v) is 17.1. The molecule has 2 rings (SSSR count). The van der Waals surface area contributed by atoms with Crippen LogP contribution in [0.2, 0.25) is 0 Å². The van der Waals surface area contributed by atoms with Gasteiger partial charge in [0.15, 0.2) is 6.04 Å². The molecular formula is C22H32N3O+. The van der Waals surface area contributed by atoms with Crippen molar-refractivity contribution in [3.63, 3.8) is 0 Å². The van der Waals surface area contributed by atoms with E-state index in [0.29, 0.717) is 0 Å². The van der Waals surface area contributed by atoms with Gasteiger partial charge in [-0.2, -0.15) is 0 Å². The van der Waals surface area contributed by atoms with Crippen LogP contribution in [0.15, 0.2) is 36.4 Å². The fourth-order valence-electron chi connectivity index (χ4n) is 3.22. The Bertz CT molecular complexity index is 742. The molecule has 4 heteroatoms. The first kappa shape index (κ1) is 20.0. The predicted octanol–water partition coefficient (Wildman–Crippen LogP) is 2.72. The van der Waals surface area contributed by atoms with Crippen molar-refractivity contribution in [2.24, 2.45) is 0 Å². The Morgan fingerprint density at radius 3 is 2.12 bits per heavy atom. The Kier molecular flexibility index (Phi) is 6.43. The van der Waals surface area contributed by atoms with Gasteiger partial charge in [0.2, 0.25) is 0 Å². The average Bonchev–Trinajstić information content (AvgIpc) is 2.57. The maximum Gasteiger partial charge on any atom is 0.282 e. The molecule has 0 aromatic heterocycles. The van der Waals surface area contributed by atoms with Gasteiger partial charge < -0.3 is 15.1 Å². The van der Waals surface area contributed by atoms with Crippen LogP contribution in [-0.2, 0) is 11.3 Å². The summed E-state index contributed by atoms with van der Waals surface area (Å²) in [5.74, 6) is 0.0578. The summed E-state index contributed by atoms with van der Waals surface area (Å²) in [6.07, 6.45) is 0. The van der Waals surface area contributed by atoms with Gasteiger partial charge in [-0.15, -0.1) is 0 Å². The molecule has 2 aromatic rings. The van der Waals surface area contributed by atoms with Crippen LogP contribution in [0.5, 0.6) is 0 Å². The molecular weight excluding hydrogens is 322 g/mol. The van der Waals surface area contributed by atoms with E-state index in [9.17, 15) is 4.79 Å². The lowest BCUT2D eigenvalue weighted by Crippen LogP contribution is -3.12. The predicted molar refractivity (Wildman–Crippen MR) is 110 cm³/mol. The topological polar surface area (TPSA) is 36.8 Å². The van der Waals surface area contributed by atoms with Crippen molar-refractivity contribution in [1.29, 1.82) is 0 Å². The van der Waals surface area contributed by atoms with Crippen molar-refractivity contribution < 1.29 is 9.69 Å². The van der Waals surface area contributed by atoms with Crippen LogP contribution in [-0.4, -0.2) is 33.1 Å². The van der Waals surface area contributed by atoms with E-state index >= 15 is 0 Å². The second kappa shape index (κ2) is 8.37. The van der Waals surface area contributed by atoms with Gasteiger partial charge in [-0.1, -0.05) is 29.8 Å². The molecule has 4 nitrogen and oxygen atoms in total. The van der Waals surface area contributed by atoms with Crippen LogP contribution in [0.3, 0.4) is 0 Å². The first-order chi connectivity index (χ1) is 12.2. The van der Waals surface area contributed by atoms with Crippen molar-refractivity contribution >= 4 is 17.3 Å². The lowest BCUT2D eigenvalue weighted by molar-refractivity contribution is -0.907. The zero-order valence-electron chi connectivity index (χ0n) is 17.1. The van der Waals surface area contributed by atoms with Gasteiger partial charge in [0.05, 0.1) is 7.05 Å². The number of hydrogen-bond acceptors (Lipinski definition) is 2. The summed E-state index contributed by atoms with van der Waals surface area (Å²) in [6.45, 7) is 8.96. The third-order valence-corrected chi connectivity index (χ3v) is 4.99. The van der Waals surface area contributed by atoms with E-state index < -0.39 is 0 Å². The lowest BCUT2D eigenvalue weighted by Gasteiger charge is -2.22. The molecule has 0 bridgehead atoms. The van der Waals surface area contributed by atoms with E-state index in [4.69, 9.17) is 0 Å². The second-order valence-electron chi connectivity index (χ2n) is 7.57. The first-order valence-electron chi connectivity index (χ1n) is 9.16. The monoisotopic (exact) mass is 354 g/mol. The normalized spacial score (nSPS) is 13.2. The van der Waals surface area contributed by atoms with E-state index in [1.54, 1.807) is 0 Å². The van der Waals surface area contributed by atoms with Crippen LogP contribution >= 0.6 is 0 Å². The van der Waals surface area contributed by atoms with E-state index in [0.717, 1.165) is 23.4 Å². The van der Waals surface area contributed by atoms with Crippen LogP contribution in [0.4, 0.5) is 11.4 Å². The number of amides is 1. The molecule has 1 unspecified atom stereocenters. The fourth-order valence-corrected chi connectivity index (χ4v) is 3.22. The van der Waals surface area contributed by atoms with E-state index in [2.05, 4.69) is 60.6 Å². The zero-order chi connectivity index (χ0) is 19.4. The summed E-state index contributed by atoms with van der Waals surface area (Å²) in [5.41, 5.74) is 6.79. The summed E-state index contributed by atoms with van der Waals surface area (Å²) in [7, 11) is 6.14. The number of benzene rings is 2. The molecule has 0 aliphatic rings. The number of carbonyl (C=O) groups excluding carboxylic acids is 1. The molecule has 2 aromatic carbocycles. The van der Waals surface area contributed by atoms with Gasteiger partial charge in [0, 0.05) is 31.0 Å². The standard InChI is InChI=1S/C22H31N3O/c1-15-12-16(2)21(17(3)13-15)23-22(26)18(4)25(7)14-19-8-10-20(11-9-19)24(5)6/h8-13,18H,14H2,1-7H3,(H,23,26)/p+1/t18-/m1/s1. The average molecular weight is 355 g/mol. The first-order valence-corrected chi connectivity index (χ1v) is 9.16. The Balaban J connectivity index is 2.03. The van der Waals surface area contributed by atoms with Crippen molar-refractivity contribution in [3.05, 3.63) is 58.7 Å². The molecule has 0 fully saturated rings. The summed E-state index contributed by atoms with van der Waals surface area (Å²) in [6, 6.07) is 12.6. The highest BCUT2D eigenvalue weighted by molar-refractivity contribution is 5.95. The Labute approximate surface area is 157 Å². The number of quaternary nitrogens is 1. The van der Waals surface area contributed by atoms with E-state index in [1.165, 1.54) is 21.7 Å². The van der Waals surface area contributed by atoms with E-state index in [-0.39, 0.29) is 11.9 Å². The third-order valence-electron chi connectivity index (χ3n) is 4.99. The summed E-state index contributed by atoms with van der Waals surface area (Å²) < 4.78 is 0. The number of carbonyl (C=O) groups is 1. The minimum atomic E-state index is -0.136. The third kappa shape index (κ3) is 4.85. The van der Waals surface area contributed by atoms with Crippen LogP contribution in [0.25, 0.3) is 0 Å². The highest BCUT2D eigenvalue weighted by Gasteiger charge is 2.23. The second-order valence-corrected chi connectivity index (χ2v) is 7.57. The van der Waals surface area contributed by atoms with Crippen LogP contribution < -0.4 is 15.1 Å². The number of hydrogen-bond donors (Lipinski definition) is 2. The molecule has 26 heavy (non-hydrogen) atoms. The Hall–Kier alpha value is -2.33.